The summed E-state index contributed by atoms with van der Waals surface area (Å²) >= 11 is 13.8. The molecule has 0 unspecified atom stereocenters. The number of amides is 1. The SMILES string of the molecule is O=C(CSCc1cccnc1)N(CCN1CCCC1)Cc1ccc(Cl)c(Cl)c1. The lowest BCUT2D eigenvalue weighted by molar-refractivity contribution is -0.129. The Morgan fingerprint density at radius 1 is 1.14 bits per heavy atom. The van der Waals surface area contributed by atoms with Crippen LogP contribution in [-0.4, -0.2) is 52.6 Å². The molecule has 1 fully saturated rings. The molecule has 0 saturated carbocycles. The maximum Gasteiger partial charge on any atom is 0.232 e. The Morgan fingerprint density at radius 3 is 2.68 bits per heavy atom. The van der Waals surface area contributed by atoms with Crippen LogP contribution in [0.2, 0.25) is 10.0 Å². The Bertz CT molecular complexity index is 770. The van der Waals surface area contributed by atoms with Gasteiger partial charge in [0.1, 0.15) is 0 Å². The fourth-order valence-corrected chi connectivity index (χ4v) is 4.44. The van der Waals surface area contributed by atoms with E-state index in [1.807, 2.05) is 35.4 Å². The number of likely N-dealkylation sites (tertiary alicyclic amines) is 1. The highest BCUT2D eigenvalue weighted by Gasteiger charge is 2.18. The monoisotopic (exact) mass is 437 g/mol. The third kappa shape index (κ3) is 6.66. The highest BCUT2D eigenvalue weighted by Crippen LogP contribution is 2.23. The molecule has 2 aromatic rings. The van der Waals surface area contributed by atoms with Crippen molar-refractivity contribution >= 4 is 40.9 Å². The largest absolute Gasteiger partial charge is 0.336 e. The molecule has 4 nitrogen and oxygen atoms in total. The van der Waals surface area contributed by atoms with Gasteiger partial charge in [-0.2, -0.15) is 0 Å². The first-order valence-corrected chi connectivity index (χ1v) is 11.4. The first-order chi connectivity index (χ1) is 13.6. The molecule has 3 rings (SSSR count). The summed E-state index contributed by atoms with van der Waals surface area (Å²) in [5.41, 5.74) is 2.13. The molecule has 1 aliphatic rings. The molecule has 0 radical (unpaired) electrons. The van der Waals surface area contributed by atoms with Crippen molar-refractivity contribution in [1.82, 2.24) is 14.8 Å². The van der Waals surface area contributed by atoms with Crippen LogP contribution in [0.4, 0.5) is 0 Å². The average Bonchev–Trinajstić information content (AvgIpc) is 3.22. The van der Waals surface area contributed by atoms with E-state index in [2.05, 4.69) is 9.88 Å². The molecular weight excluding hydrogens is 413 g/mol. The number of pyridine rings is 1. The summed E-state index contributed by atoms with van der Waals surface area (Å²) < 4.78 is 0. The minimum absolute atomic E-state index is 0.152. The molecule has 0 bridgehead atoms. The molecule has 2 heterocycles. The molecule has 0 N–H and O–H groups in total. The molecule has 7 heteroatoms. The van der Waals surface area contributed by atoms with Gasteiger partial charge in [-0.1, -0.05) is 35.3 Å². The van der Waals surface area contributed by atoms with Crippen molar-refractivity contribution < 1.29 is 4.79 Å². The van der Waals surface area contributed by atoms with Gasteiger partial charge in [-0.3, -0.25) is 9.78 Å². The third-order valence-corrected chi connectivity index (χ3v) is 6.54. The van der Waals surface area contributed by atoms with Gasteiger partial charge in [0.2, 0.25) is 5.91 Å². The fourth-order valence-electron chi connectivity index (χ4n) is 3.25. The number of thioether (sulfide) groups is 1. The van der Waals surface area contributed by atoms with Crippen molar-refractivity contribution in [3.8, 4) is 0 Å². The molecule has 28 heavy (non-hydrogen) atoms. The normalized spacial score (nSPS) is 14.4. The van der Waals surface area contributed by atoms with Crippen LogP contribution < -0.4 is 0 Å². The van der Waals surface area contributed by atoms with Crippen LogP contribution in [0.1, 0.15) is 24.0 Å². The Labute approximate surface area is 181 Å². The van der Waals surface area contributed by atoms with E-state index in [1.165, 1.54) is 12.8 Å². The number of aromatic nitrogens is 1. The zero-order valence-electron chi connectivity index (χ0n) is 15.8. The number of benzene rings is 1. The van der Waals surface area contributed by atoms with Gasteiger partial charge in [0, 0.05) is 37.8 Å². The van der Waals surface area contributed by atoms with E-state index in [4.69, 9.17) is 23.2 Å². The Balaban J connectivity index is 1.58. The van der Waals surface area contributed by atoms with Crippen LogP contribution >= 0.6 is 35.0 Å². The van der Waals surface area contributed by atoms with E-state index in [-0.39, 0.29) is 5.91 Å². The number of rotatable bonds is 9. The Hall–Kier alpha value is -1.27. The highest BCUT2D eigenvalue weighted by molar-refractivity contribution is 7.99. The minimum atomic E-state index is 0.152. The second-order valence-electron chi connectivity index (χ2n) is 6.97. The zero-order chi connectivity index (χ0) is 19.8. The predicted molar refractivity (Wildman–Crippen MR) is 118 cm³/mol. The molecule has 0 atom stereocenters. The standard InChI is InChI=1S/C21H25Cl2N3OS/c22-19-6-5-17(12-20(19)23)14-26(11-10-25-8-1-2-9-25)21(27)16-28-15-18-4-3-7-24-13-18/h3-7,12-13H,1-2,8-11,14-16H2. The minimum Gasteiger partial charge on any atom is -0.336 e. The van der Waals surface area contributed by atoms with Gasteiger partial charge >= 0.3 is 0 Å². The third-order valence-electron chi connectivity index (χ3n) is 4.81. The summed E-state index contributed by atoms with van der Waals surface area (Å²) in [4.78, 5) is 21.4. The smallest absolute Gasteiger partial charge is 0.232 e. The number of carbonyl (C=O) groups is 1. The van der Waals surface area contributed by atoms with Gasteiger partial charge in [-0.05, 0) is 55.3 Å². The van der Waals surface area contributed by atoms with Crippen LogP contribution in [0.3, 0.4) is 0 Å². The van der Waals surface area contributed by atoms with E-state index < -0.39 is 0 Å². The molecule has 1 aliphatic heterocycles. The topological polar surface area (TPSA) is 36.4 Å². The fraction of sp³-hybridized carbons (Fsp3) is 0.429. The van der Waals surface area contributed by atoms with Crippen LogP contribution in [-0.2, 0) is 17.1 Å². The number of halogens is 2. The molecule has 1 aromatic heterocycles. The Morgan fingerprint density at radius 2 is 1.96 bits per heavy atom. The van der Waals surface area contributed by atoms with E-state index in [0.29, 0.717) is 22.3 Å². The van der Waals surface area contributed by atoms with E-state index >= 15 is 0 Å². The lowest BCUT2D eigenvalue weighted by Gasteiger charge is -2.26. The van der Waals surface area contributed by atoms with E-state index in [1.54, 1.807) is 24.0 Å². The number of hydrogen-bond acceptors (Lipinski definition) is 4. The summed E-state index contributed by atoms with van der Waals surface area (Å²) in [5, 5.41) is 1.06. The van der Waals surface area contributed by atoms with Crippen LogP contribution in [0.5, 0.6) is 0 Å². The number of nitrogens with zero attached hydrogens (tertiary/aromatic N) is 3. The van der Waals surface area contributed by atoms with Gasteiger partial charge in [0.25, 0.3) is 0 Å². The van der Waals surface area contributed by atoms with E-state index in [9.17, 15) is 4.79 Å². The summed E-state index contributed by atoms with van der Waals surface area (Å²) in [7, 11) is 0. The van der Waals surface area contributed by atoms with Crippen LogP contribution in [0.25, 0.3) is 0 Å². The molecular formula is C21H25Cl2N3OS. The van der Waals surface area contributed by atoms with Crippen molar-refractivity contribution in [2.24, 2.45) is 0 Å². The first-order valence-electron chi connectivity index (χ1n) is 9.52. The average molecular weight is 438 g/mol. The quantitative estimate of drug-likeness (QED) is 0.567. The summed E-state index contributed by atoms with van der Waals surface area (Å²) in [5.74, 6) is 1.39. The summed E-state index contributed by atoms with van der Waals surface area (Å²) in [6.07, 6.45) is 6.11. The molecule has 0 spiro atoms. The van der Waals surface area contributed by atoms with Crippen LogP contribution in [0.15, 0.2) is 42.7 Å². The summed E-state index contributed by atoms with van der Waals surface area (Å²) in [6, 6.07) is 9.53. The van der Waals surface area contributed by atoms with Crippen molar-refractivity contribution in [3.05, 3.63) is 63.9 Å². The second kappa shape index (κ2) is 11.1. The number of hydrogen-bond donors (Lipinski definition) is 0. The first kappa shape index (κ1) is 21.4. The highest BCUT2D eigenvalue weighted by atomic mass is 35.5. The van der Waals surface area contributed by atoms with Crippen molar-refractivity contribution in [1.29, 1.82) is 0 Å². The number of carbonyl (C=O) groups excluding carboxylic acids is 1. The summed E-state index contributed by atoms with van der Waals surface area (Å²) in [6.45, 7) is 4.46. The molecule has 1 amide bonds. The Kier molecular flexibility index (Phi) is 8.46. The van der Waals surface area contributed by atoms with Gasteiger partial charge in [0.15, 0.2) is 0 Å². The zero-order valence-corrected chi connectivity index (χ0v) is 18.1. The predicted octanol–water partition coefficient (Wildman–Crippen LogP) is 4.75. The lowest BCUT2D eigenvalue weighted by atomic mass is 10.2. The molecule has 0 aliphatic carbocycles. The second-order valence-corrected chi connectivity index (χ2v) is 8.77. The maximum absolute atomic E-state index is 12.9. The maximum atomic E-state index is 12.9. The van der Waals surface area contributed by atoms with Gasteiger partial charge in [0.05, 0.1) is 15.8 Å². The molecule has 1 aromatic carbocycles. The van der Waals surface area contributed by atoms with Crippen molar-refractivity contribution in [2.45, 2.75) is 25.1 Å². The van der Waals surface area contributed by atoms with Gasteiger partial charge < -0.3 is 9.80 Å². The van der Waals surface area contributed by atoms with Gasteiger partial charge in [-0.25, -0.2) is 0 Å². The molecule has 1 saturated heterocycles. The van der Waals surface area contributed by atoms with E-state index in [0.717, 1.165) is 43.1 Å². The van der Waals surface area contributed by atoms with Crippen molar-refractivity contribution in [2.75, 3.05) is 31.9 Å². The lowest BCUT2D eigenvalue weighted by Crippen LogP contribution is -2.38. The van der Waals surface area contributed by atoms with Crippen molar-refractivity contribution in [3.63, 3.8) is 0 Å². The molecule has 150 valence electrons. The van der Waals surface area contributed by atoms with Gasteiger partial charge in [-0.15, -0.1) is 11.8 Å². The van der Waals surface area contributed by atoms with Crippen LogP contribution in [0, 0.1) is 0 Å².